The van der Waals surface area contributed by atoms with Crippen molar-refractivity contribution in [2.24, 2.45) is 0 Å². The lowest BCUT2D eigenvalue weighted by Gasteiger charge is -2.07. The molecule has 0 radical (unpaired) electrons. The Hall–Kier alpha value is -2.96. The first kappa shape index (κ1) is 14.4. The van der Waals surface area contributed by atoms with E-state index in [1.165, 1.54) is 25.1 Å². The van der Waals surface area contributed by atoms with Gasteiger partial charge in [0.2, 0.25) is 0 Å². The highest BCUT2D eigenvalue weighted by molar-refractivity contribution is 6.07. The number of aromatic hydroxyl groups is 1. The fourth-order valence-corrected chi connectivity index (χ4v) is 1.79. The molecule has 7 heteroatoms. The molecule has 0 spiro atoms. The minimum atomic E-state index is -0.761. The van der Waals surface area contributed by atoms with Gasteiger partial charge in [0.05, 0.1) is 4.92 Å². The Bertz CT molecular complexity index is 731. The summed E-state index contributed by atoms with van der Waals surface area (Å²) >= 11 is 0. The summed E-state index contributed by atoms with van der Waals surface area (Å²) in [5.74, 6) is -1.44. The average molecular weight is 290 g/mol. The minimum absolute atomic E-state index is 0.263. The van der Waals surface area contributed by atoms with Crippen LogP contribution in [0.25, 0.3) is 0 Å². The van der Waals surface area contributed by atoms with Crippen molar-refractivity contribution in [3.05, 3.63) is 63.5 Å². The molecule has 21 heavy (non-hydrogen) atoms. The lowest BCUT2D eigenvalue weighted by atomic mass is 10.1. The van der Waals surface area contributed by atoms with Gasteiger partial charge in [-0.1, -0.05) is 0 Å². The monoisotopic (exact) mass is 290 g/mol. The van der Waals surface area contributed by atoms with Crippen LogP contribution in [0.5, 0.6) is 5.75 Å². The molecule has 0 fully saturated rings. The molecule has 0 aliphatic carbocycles. The van der Waals surface area contributed by atoms with E-state index in [9.17, 15) is 24.4 Å². The predicted molar refractivity (Wildman–Crippen MR) is 73.9 cm³/mol. The molecule has 0 atom stereocenters. The van der Waals surface area contributed by atoms with Crippen LogP contribution in [0.3, 0.4) is 0 Å². The summed E-state index contributed by atoms with van der Waals surface area (Å²) in [6.07, 6.45) is 0. The van der Waals surface area contributed by atoms with Crippen LogP contribution in [0.2, 0.25) is 0 Å². The zero-order valence-electron chi connectivity index (χ0n) is 11.0. The highest BCUT2D eigenvalue weighted by atomic mass is 19.1. The molecule has 2 aromatic carbocycles. The minimum Gasteiger partial charge on any atom is -0.508 e. The number of anilines is 1. The van der Waals surface area contributed by atoms with Crippen molar-refractivity contribution in [1.29, 1.82) is 0 Å². The van der Waals surface area contributed by atoms with Crippen molar-refractivity contribution >= 4 is 17.3 Å². The normalized spacial score (nSPS) is 10.2. The van der Waals surface area contributed by atoms with Crippen LogP contribution in [0, 0.1) is 22.9 Å². The molecule has 0 heterocycles. The molecular formula is C14H11FN2O4. The lowest BCUT2D eigenvalue weighted by Crippen LogP contribution is -2.14. The number of carbonyl (C=O) groups is 1. The summed E-state index contributed by atoms with van der Waals surface area (Å²) in [4.78, 5) is 22.2. The number of nitro benzene ring substituents is 1. The number of halogens is 1. The average Bonchev–Trinajstić information content (AvgIpc) is 2.42. The third-order valence-corrected chi connectivity index (χ3v) is 2.84. The van der Waals surface area contributed by atoms with Gasteiger partial charge in [0.1, 0.15) is 17.1 Å². The number of amides is 1. The predicted octanol–water partition coefficient (Wildman–Crippen LogP) is 3.00. The maximum Gasteiger partial charge on any atom is 0.282 e. The number of hydrogen-bond acceptors (Lipinski definition) is 4. The zero-order valence-corrected chi connectivity index (χ0v) is 11.0. The summed E-state index contributed by atoms with van der Waals surface area (Å²) in [5, 5.41) is 22.7. The molecule has 0 aromatic heterocycles. The Morgan fingerprint density at radius 3 is 2.62 bits per heavy atom. The van der Waals surface area contributed by atoms with Crippen LogP contribution in [-0.4, -0.2) is 15.9 Å². The smallest absolute Gasteiger partial charge is 0.282 e. The van der Waals surface area contributed by atoms with Gasteiger partial charge in [0.25, 0.3) is 11.6 Å². The SMILES string of the molecule is Cc1cc(NC(=O)c2cc(O)ccc2[N+](=O)[O-])ccc1F. The Morgan fingerprint density at radius 2 is 2.00 bits per heavy atom. The Labute approximate surface area is 119 Å². The first-order valence-corrected chi connectivity index (χ1v) is 5.93. The number of phenols is 1. The molecule has 108 valence electrons. The van der Waals surface area contributed by atoms with Crippen molar-refractivity contribution in [2.45, 2.75) is 6.92 Å². The maximum absolute atomic E-state index is 13.1. The van der Waals surface area contributed by atoms with Crippen LogP contribution >= 0.6 is 0 Å². The van der Waals surface area contributed by atoms with E-state index < -0.39 is 22.3 Å². The van der Waals surface area contributed by atoms with Crippen LogP contribution in [-0.2, 0) is 0 Å². The number of carbonyl (C=O) groups excluding carboxylic acids is 1. The van der Waals surface area contributed by atoms with Crippen LogP contribution in [0.4, 0.5) is 15.8 Å². The van der Waals surface area contributed by atoms with E-state index in [0.717, 1.165) is 18.2 Å². The number of hydrogen-bond donors (Lipinski definition) is 2. The molecule has 0 unspecified atom stereocenters. The molecule has 0 aliphatic heterocycles. The molecule has 6 nitrogen and oxygen atoms in total. The van der Waals surface area contributed by atoms with Crippen LogP contribution in [0.15, 0.2) is 36.4 Å². The topological polar surface area (TPSA) is 92.5 Å². The molecule has 2 aromatic rings. The van der Waals surface area contributed by atoms with Gasteiger partial charge in [-0.25, -0.2) is 4.39 Å². The number of aryl methyl sites for hydroxylation is 1. The van der Waals surface area contributed by atoms with E-state index >= 15 is 0 Å². The Kier molecular flexibility index (Phi) is 3.84. The third-order valence-electron chi connectivity index (χ3n) is 2.84. The van der Waals surface area contributed by atoms with Crippen molar-refractivity contribution in [3.8, 4) is 5.75 Å². The highest BCUT2D eigenvalue weighted by Crippen LogP contribution is 2.24. The van der Waals surface area contributed by atoms with E-state index in [-0.39, 0.29) is 11.3 Å². The Balaban J connectivity index is 2.34. The number of benzene rings is 2. The second-order valence-corrected chi connectivity index (χ2v) is 4.38. The van der Waals surface area contributed by atoms with Crippen LogP contribution in [0.1, 0.15) is 15.9 Å². The zero-order chi connectivity index (χ0) is 15.6. The van der Waals surface area contributed by atoms with Crippen molar-refractivity contribution < 1.29 is 19.2 Å². The molecule has 0 bridgehead atoms. The van der Waals surface area contributed by atoms with E-state index in [1.54, 1.807) is 0 Å². The van der Waals surface area contributed by atoms with E-state index in [0.29, 0.717) is 11.3 Å². The molecular weight excluding hydrogens is 279 g/mol. The molecule has 2 N–H and O–H groups in total. The standard InChI is InChI=1S/C14H11FN2O4/c1-8-6-9(2-4-12(8)15)16-14(19)11-7-10(18)3-5-13(11)17(20)21/h2-7,18H,1H3,(H,16,19). The summed E-state index contributed by atoms with van der Waals surface area (Å²) in [5.41, 5.74) is -0.0686. The van der Waals surface area contributed by atoms with Gasteiger partial charge in [-0.2, -0.15) is 0 Å². The third kappa shape index (κ3) is 3.14. The summed E-state index contributed by atoms with van der Waals surface area (Å²) in [7, 11) is 0. The van der Waals surface area contributed by atoms with Gasteiger partial charge in [0, 0.05) is 11.8 Å². The Morgan fingerprint density at radius 1 is 1.29 bits per heavy atom. The summed E-state index contributed by atoms with van der Waals surface area (Å²) < 4.78 is 13.1. The van der Waals surface area contributed by atoms with Crippen molar-refractivity contribution in [2.75, 3.05) is 5.32 Å². The van der Waals surface area contributed by atoms with Crippen LogP contribution < -0.4 is 5.32 Å². The summed E-state index contributed by atoms with van der Waals surface area (Å²) in [6.45, 7) is 1.53. The van der Waals surface area contributed by atoms with Gasteiger partial charge in [-0.05, 0) is 42.8 Å². The molecule has 0 saturated heterocycles. The van der Waals surface area contributed by atoms with E-state index in [4.69, 9.17) is 0 Å². The first-order valence-electron chi connectivity index (χ1n) is 5.93. The summed E-state index contributed by atoms with van der Waals surface area (Å²) in [6, 6.07) is 7.10. The number of phenolic OH excluding ortho intramolecular Hbond substituents is 1. The van der Waals surface area contributed by atoms with Gasteiger partial charge < -0.3 is 10.4 Å². The van der Waals surface area contributed by atoms with Gasteiger partial charge in [0.15, 0.2) is 0 Å². The first-order chi connectivity index (χ1) is 9.88. The molecule has 2 rings (SSSR count). The second kappa shape index (κ2) is 5.58. The highest BCUT2D eigenvalue weighted by Gasteiger charge is 2.21. The van der Waals surface area contributed by atoms with E-state index in [1.807, 2.05) is 0 Å². The number of nitro groups is 1. The lowest BCUT2D eigenvalue weighted by molar-refractivity contribution is -0.385. The van der Waals surface area contributed by atoms with E-state index in [2.05, 4.69) is 5.32 Å². The fraction of sp³-hybridized carbons (Fsp3) is 0.0714. The number of rotatable bonds is 3. The van der Waals surface area contributed by atoms with Gasteiger partial charge in [-0.3, -0.25) is 14.9 Å². The molecule has 1 amide bonds. The van der Waals surface area contributed by atoms with Crippen molar-refractivity contribution in [1.82, 2.24) is 0 Å². The maximum atomic E-state index is 13.1. The van der Waals surface area contributed by atoms with Gasteiger partial charge >= 0.3 is 0 Å². The quantitative estimate of drug-likeness (QED) is 0.671. The molecule has 0 aliphatic rings. The number of nitrogens with zero attached hydrogens (tertiary/aromatic N) is 1. The van der Waals surface area contributed by atoms with Crippen molar-refractivity contribution in [3.63, 3.8) is 0 Å². The van der Waals surface area contributed by atoms with Gasteiger partial charge in [-0.15, -0.1) is 0 Å². The fourth-order valence-electron chi connectivity index (χ4n) is 1.79. The second-order valence-electron chi connectivity index (χ2n) is 4.38. The number of nitrogens with one attached hydrogen (secondary N) is 1. The largest absolute Gasteiger partial charge is 0.508 e. The molecule has 0 saturated carbocycles.